The molecule has 0 atom stereocenters. The van der Waals surface area contributed by atoms with Gasteiger partial charge < -0.3 is 0 Å². The fraction of sp³-hybridized carbons (Fsp3) is 0.188. The van der Waals surface area contributed by atoms with Gasteiger partial charge in [0.05, 0.1) is 0 Å². The van der Waals surface area contributed by atoms with E-state index in [9.17, 15) is 9.59 Å². The van der Waals surface area contributed by atoms with Crippen LogP contribution in [0.3, 0.4) is 0 Å². The summed E-state index contributed by atoms with van der Waals surface area (Å²) in [4.78, 5) is 24.5. The Morgan fingerprint density at radius 3 is 2.28 bits per heavy atom. The Morgan fingerprint density at radius 1 is 1.17 bits per heavy atom. The number of allylic oxidation sites excluding steroid dienone is 4. The predicted octanol–water partition coefficient (Wildman–Crippen LogP) is 3.43. The lowest BCUT2D eigenvalue weighted by Gasteiger charge is -2.18. The molecule has 1 aromatic carbocycles. The average Bonchev–Trinajstić information content (AvgIpc) is 2.36. The number of carbonyl (C=O) groups excluding carboxylic acids is 2. The molecule has 0 heterocycles. The van der Waals surface area contributed by atoms with E-state index in [-0.39, 0.29) is 11.6 Å². The van der Waals surface area contributed by atoms with Crippen molar-refractivity contribution in [1.29, 1.82) is 0 Å². The quantitative estimate of drug-likeness (QED) is 0.791. The predicted molar refractivity (Wildman–Crippen MR) is 70.5 cm³/mol. The summed E-state index contributed by atoms with van der Waals surface area (Å²) in [6.07, 6.45) is 2.17. The molecule has 2 radical (unpaired) electrons. The van der Waals surface area contributed by atoms with E-state index in [0.717, 1.165) is 0 Å². The molecule has 0 spiro atoms. The number of benzene rings is 1. The molecule has 0 aliphatic heterocycles. The van der Waals surface area contributed by atoms with Crippen LogP contribution in [0.4, 0.5) is 0 Å². The highest BCUT2D eigenvalue weighted by molar-refractivity contribution is 6.26. The van der Waals surface area contributed by atoms with Crippen molar-refractivity contribution in [3.63, 3.8) is 0 Å². The van der Waals surface area contributed by atoms with Crippen molar-refractivity contribution in [2.24, 2.45) is 0 Å². The number of rotatable bonds is 2. The minimum atomic E-state index is -0.0693. The van der Waals surface area contributed by atoms with Gasteiger partial charge in [0, 0.05) is 22.3 Å². The van der Waals surface area contributed by atoms with Crippen LogP contribution in [0, 0.1) is 6.92 Å². The standard InChI is InChI=1S/C16H14O2/c1-10(2)8-9-12-11(3)15(17)13-6-4-5-7-14(13)16(12)18/h1,4-8H,9H2,2-3H3/b10-8-. The summed E-state index contributed by atoms with van der Waals surface area (Å²) in [7, 11) is 0. The van der Waals surface area contributed by atoms with Crippen LogP contribution in [0.1, 0.15) is 41.0 Å². The zero-order valence-corrected chi connectivity index (χ0v) is 10.5. The summed E-state index contributed by atoms with van der Waals surface area (Å²) in [5, 5.41) is 0. The molecule has 0 amide bonds. The number of hydrogen-bond donors (Lipinski definition) is 0. The van der Waals surface area contributed by atoms with Gasteiger partial charge >= 0.3 is 0 Å². The maximum absolute atomic E-state index is 12.3. The first kappa shape index (κ1) is 12.5. The highest BCUT2D eigenvalue weighted by atomic mass is 16.1. The van der Waals surface area contributed by atoms with E-state index in [0.29, 0.717) is 34.3 Å². The first-order chi connectivity index (χ1) is 8.52. The molecule has 0 N–H and O–H groups in total. The second kappa shape index (κ2) is 4.73. The van der Waals surface area contributed by atoms with Crippen LogP contribution in [0.5, 0.6) is 0 Å². The molecule has 1 aliphatic rings. The maximum atomic E-state index is 12.3. The fourth-order valence-electron chi connectivity index (χ4n) is 2.06. The number of ketones is 2. The van der Waals surface area contributed by atoms with Crippen LogP contribution in [0.25, 0.3) is 0 Å². The lowest BCUT2D eigenvalue weighted by atomic mass is 9.83. The van der Waals surface area contributed by atoms with Gasteiger partial charge in [-0.25, -0.2) is 0 Å². The fourth-order valence-corrected chi connectivity index (χ4v) is 2.06. The Balaban J connectivity index is 2.50. The SMILES string of the molecule is [CH]/C(C)=C/CC1=C(C)C(=O)c2ccccc2C1=O. The van der Waals surface area contributed by atoms with Crippen LogP contribution in [0.15, 0.2) is 47.1 Å². The molecule has 1 aliphatic carbocycles. The van der Waals surface area contributed by atoms with E-state index in [1.165, 1.54) is 0 Å². The largest absolute Gasteiger partial charge is 0.289 e. The van der Waals surface area contributed by atoms with E-state index >= 15 is 0 Å². The number of Topliss-reactive ketones (excluding diaryl/α,β-unsaturated/α-hetero) is 2. The molecule has 18 heavy (non-hydrogen) atoms. The van der Waals surface area contributed by atoms with Crippen molar-refractivity contribution in [3.8, 4) is 0 Å². The molecule has 1 aromatic rings. The first-order valence-corrected chi connectivity index (χ1v) is 5.82. The summed E-state index contributed by atoms with van der Waals surface area (Å²) < 4.78 is 0. The van der Waals surface area contributed by atoms with E-state index in [1.54, 1.807) is 44.2 Å². The number of carbonyl (C=O) groups is 2. The second-order valence-electron chi connectivity index (χ2n) is 4.46. The molecule has 0 unspecified atom stereocenters. The number of fused-ring (bicyclic) bond motifs is 1. The molecule has 2 rings (SSSR count). The van der Waals surface area contributed by atoms with Crippen LogP contribution >= 0.6 is 0 Å². The van der Waals surface area contributed by atoms with Crippen LogP contribution in [-0.2, 0) is 0 Å². The molecule has 0 bridgehead atoms. The van der Waals surface area contributed by atoms with Gasteiger partial charge in [-0.2, -0.15) is 0 Å². The Labute approximate surface area is 107 Å². The van der Waals surface area contributed by atoms with Crippen molar-refractivity contribution >= 4 is 11.6 Å². The molecule has 2 heteroatoms. The van der Waals surface area contributed by atoms with E-state index in [4.69, 9.17) is 6.92 Å². The lowest BCUT2D eigenvalue weighted by molar-refractivity contribution is 0.0973. The third-order valence-corrected chi connectivity index (χ3v) is 3.11. The van der Waals surface area contributed by atoms with E-state index in [2.05, 4.69) is 0 Å². The molecule has 0 saturated heterocycles. The van der Waals surface area contributed by atoms with Gasteiger partial charge in [-0.05, 0) is 27.2 Å². The van der Waals surface area contributed by atoms with Crippen molar-refractivity contribution in [1.82, 2.24) is 0 Å². The smallest absolute Gasteiger partial charge is 0.190 e. The summed E-state index contributed by atoms with van der Waals surface area (Å²) in [5.74, 6) is -0.136. The van der Waals surface area contributed by atoms with Gasteiger partial charge in [0.2, 0.25) is 0 Å². The van der Waals surface area contributed by atoms with Gasteiger partial charge in [-0.3, -0.25) is 9.59 Å². The molecular formula is C16H14O2. The van der Waals surface area contributed by atoms with Gasteiger partial charge in [0.25, 0.3) is 0 Å². The highest BCUT2D eigenvalue weighted by Gasteiger charge is 2.28. The lowest BCUT2D eigenvalue weighted by Crippen LogP contribution is -2.20. The third kappa shape index (κ3) is 2.06. The maximum Gasteiger partial charge on any atom is 0.190 e. The Hall–Kier alpha value is -1.96. The van der Waals surface area contributed by atoms with Gasteiger partial charge in [-0.15, -0.1) is 0 Å². The van der Waals surface area contributed by atoms with Crippen molar-refractivity contribution < 1.29 is 9.59 Å². The van der Waals surface area contributed by atoms with E-state index in [1.807, 2.05) is 0 Å². The summed E-state index contributed by atoms with van der Waals surface area (Å²) in [6.45, 7) is 9.03. The van der Waals surface area contributed by atoms with Crippen molar-refractivity contribution in [2.45, 2.75) is 20.3 Å². The molecule has 2 nitrogen and oxygen atoms in total. The molecule has 0 saturated carbocycles. The summed E-state index contributed by atoms with van der Waals surface area (Å²) >= 11 is 0. The van der Waals surface area contributed by atoms with Crippen LogP contribution in [-0.4, -0.2) is 11.6 Å². The zero-order valence-electron chi connectivity index (χ0n) is 10.5. The Kier molecular flexibility index (Phi) is 3.28. The van der Waals surface area contributed by atoms with Crippen LogP contribution < -0.4 is 0 Å². The molecule has 0 aromatic heterocycles. The van der Waals surface area contributed by atoms with Gasteiger partial charge in [-0.1, -0.05) is 35.9 Å². The summed E-state index contributed by atoms with van der Waals surface area (Å²) in [6, 6.07) is 6.93. The topological polar surface area (TPSA) is 34.1 Å². The molecule has 90 valence electrons. The zero-order chi connectivity index (χ0) is 13.3. The minimum Gasteiger partial charge on any atom is -0.289 e. The summed E-state index contributed by atoms with van der Waals surface area (Å²) in [5.41, 5.74) is 2.71. The van der Waals surface area contributed by atoms with E-state index < -0.39 is 0 Å². The van der Waals surface area contributed by atoms with Crippen molar-refractivity contribution in [3.05, 3.63) is 65.1 Å². The average molecular weight is 238 g/mol. The normalized spacial score (nSPS) is 16.1. The number of hydrogen-bond acceptors (Lipinski definition) is 2. The van der Waals surface area contributed by atoms with Crippen molar-refractivity contribution in [2.75, 3.05) is 0 Å². The highest BCUT2D eigenvalue weighted by Crippen LogP contribution is 2.28. The Morgan fingerprint density at radius 2 is 1.72 bits per heavy atom. The Bertz CT molecular complexity index is 585. The van der Waals surface area contributed by atoms with Gasteiger partial charge in [0.15, 0.2) is 11.6 Å². The minimum absolute atomic E-state index is 0.0664. The first-order valence-electron chi connectivity index (χ1n) is 5.82. The van der Waals surface area contributed by atoms with Crippen LogP contribution in [0.2, 0.25) is 0 Å². The molecular weight excluding hydrogens is 224 g/mol. The third-order valence-electron chi connectivity index (χ3n) is 3.11. The second-order valence-corrected chi connectivity index (χ2v) is 4.46. The molecule has 0 fully saturated rings. The van der Waals surface area contributed by atoms with Gasteiger partial charge in [0.1, 0.15) is 0 Å². The monoisotopic (exact) mass is 238 g/mol.